The van der Waals surface area contributed by atoms with Gasteiger partial charge < -0.3 is 9.64 Å². The Hall–Kier alpha value is -0.870. The van der Waals surface area contributed by atoms with Crippen LogP contribution in [-0.4, -0.2) is 25.3 Å². The number of aryl methyl sites for hydroxylation is 1. The first-order chi connectivity index (χ1) is 8.56. The van der Waals surface area contributed by atoms with Crippen molar-refractivity contribution in [2.75, 3.05) is 24.3 Å². The molecule has 1 unspecified atom stereocenters. The van der Waals surface area contributed by atoms with Crippen LogP contribution in [0.1, 0.15) is 12.0 Å². The zero-order valence-electron chi connectivity index (χ0n) is 10.4. The smallest absolute Gasteiger partial charge is 0.227 e. The number of hydrogen-bond donors (Lipinski definition) is 1. The number of halogens is 1. The first-order valence-electron chi connectivity index (χ1n) is 5.82. The van der Waals surface area contributed by atoms with E-state index in [-0.39, 0.29) is 5.91 Å². The van der Waals surface area contributed by atoms with E-state index in [0.717, 1.165) is 11.3 Å². The van der Waals surface area contributed by atoms with Crippen LogP contribution in [0.25, 0.3) is 0 Å². The lowest BCUT2D eigenvalue weighted by atomic mass is 10.1. The molecule has 1 amide bonds. The Morgan fingerprint density at radius 1 is 1.56 bits per heavy atom. The van der Waals surface area contributed by atoms with Gasteiger partial charge in [0.15, 0.2) is 0 Å². The van der Waals surface area contributed by atoms with Crippen molar-refractivity contribution in [1.29, 1.82) is 0 Å². The van der Waals surface area contributed by atoms with Crippen molar-refractivity contribution in [3.8, 4) is 5.75 Å². The number of thiol groups is 1. The number of anilines is 1. The summed E-state index contributed by atoms with van der Waals surface area (Å²) in [5.74, 6) is 1.80. The van der Waals surface area contributed by atoms with Crippen molar-refractivity contribution in [1.82, 2.24) is 0 Å². The predicted octanol–water partition coefficient (Wildman–Crippen LogP) is 2.94. The van der Waals surface area contributed by atoms with E-state index in [1.165, 1.54) is 0 Å². The molecule has 1 saturated heterocycles. The average Bonchev–Trinajstić information content (AvgIpc) is 2.73. The molecule has 0 aliphatic carbocycles. The summed E-state index contributed by atoms with van der Waals surface area (Å²) in [6.07, 6.45) is 0.540. The van der Waals surface area contributed by atoms with E-state index in [0.29, 0.717) is 35.4 Å². The molecule has 3 nitrogen and oxygen atoms in total. The summed E-state index contributed by atoms with van der Waals surface area (Å²) in [6, 6.07) is 3.66. The third-order valence-electron chi connectivity index (χ3n) is 3.21. The van der Waals surface area contributed by atoms with Gasteiger partial charge in [0.25, 0.3) is 0 Å². The Kier molecular flexibility index (Phi) is 4.07. The Bertz CT molecular complexity index is 478. The number of amides is 1. The number of carbonyl (C=O) groups is 1. The average molecular weight is 286 g/mol. The Morgan fingerprint density at radius 2 is 2.28 bits per heavy atom. The SMILES string of the molecule is COc1cc(C)c(Cl)cc1N1CC(CS)CC1=O. The molecule has 5 heteroatoms. The van der Waals surface area contributed by atoms with Crippen LogP contribution in [0.15, 0.2) is 12.1 Å². The van der Waals surface area contributed by atoms with Crippen LogP contribution in [0.2, 0.25) is 5.02 Å². The molecule has 1 aromatic rings. The van der Waals surface area contributed by atoms with Gasteiger partial charge in [0.05, 0.1) is 12.8 Å². The van der Waals surface area contributed by atoms with Crippen molar-refractivity contribution < 1.29 is 9.53 Å². The quantitative estimate of drug-likeness (QED) is 0.866. The van der Waals surface area contributed by atoms with Crippen LogP contribution in [-0.2, 0) is 4.79 Å². The van der Waals surface area contributed by atoms with Crippen molar-refractivity contribution in [2.24, 2.45) is 5.92 Å². The van der Waals surface area contributed by atoms with Gasteiger partial charge in [0.2, 0.25) is 5.91 Å². The van der Waals surface area contributed by atoms with Gasteiger partial charge in [0, 0.05) is 18.0 Å². The molecule has 0 spiro atoms. The highest BCUT2D eigenvalue weighted by molar-refractivity contribution is 7.80. The van der Waals surface area contributed by atoms with E-state index < -0.39 is 0 Å². The van der Waals surface area contributed by atoms with Crippen molar-refractivity contribution in [2.45, 2.75) is 13.3 Å². The van der Waals surface area contributed by atoms with Gasteiger partial charge in [-0.05, 0) is 36.3 Å². The number of carbonyl (C=O) groups excluding carboxylic acids is 1. The van der Waals surface area contributed by atoms with E-state index in [1.54, 1.807) is 18.1 Å². The summed E-state index contributed by atoms with van der Waals surface area (Å²) < 4.78 is 5.34. The maximum atomic E-state index is 12.0. The van der Waals surface area contributed by atoms with Crippen molar-refractivity contribution in [3.05, 3.63) is 22.7 Å². The molecule has 0 bridgehead atoms. The zero-order chi connectivity index (χ0) is 13.3. The Balaban J connectivity index is 2.38. The molecule has 98 valence electrons. The first kappa shape index (κ1) is 13.6. The minimum absolute atomic E-state index is 0.104. The van der Waals surface area contributed by atoms with Gasteiger partial charge in [-0.25, -0.2) is 0 Å². The number of hydrogen-bond acceptors (Lipinski definition) is 3. The van der Waals surface area contributed by atoms with E-state index in [4.69, 9.17) is 16.3 Å². The number of methoxy groups -OCH3 is 1. The fraction of sp³-hybridized carbons (Fsp3) is 0.462. The highest BCUT2D eigenvalue weighted by Gasteiger charge is 2.31. The molecule has 0 saturated carbocycles. The van der Waals surface area contributed by atoms with Gasteiger partial charge in [-0.1, -0.05) is 11.6 Å². The zero-order valence-corrected chi connectivity index (χ0v) is 12.1. The van der Waals surface area contributed by atoms with Gasteiger partial charge in [-0.15, -0.1) is 0 Å². The maximum Gasteiger partial charge on any atom is 0.227 e. The molecular weight excluding hydrogens is 270 g/mol. The highest BCUT2D eigenvalue weighted by Crippen LogP contribution is 2.37. The second-order valence-electron chi connectivity index (χ2n) is 4.53. The van der Waals surface area contributed by atoms with Gasteiger partial charge in [-0.2, -0.15) is 12.6 Å². The molecule has 1 aliphatic heterocycles. The Labute approximate surface area is 117 Å². The lowest BCUT2D eigenvalue weighted by Gasteiger charge is -2.20. The van der Waals surface area contributed by atoms with Crippen LogP contribution < -0.4 is 9.64 Å². The van der Waals surface area contributed by atoms with Crippen LogP contribution in [0.3, 0.4) is 0 Å². The Morgan fingerprint density at radius 3 is 2.83 bits per heavy atom. The van der Waals surface area contributed by atoms with Gasteiger partial charge in [0.1, 0.15) is 5.75 Å². The number of rotatable bonds is 3. The van der Waals surface area contributed by atoms with E-state index in [2.05, 4.69) is 12.6 Å². The summed E-state index contributed by atoms with van der Waals surface area (Å²) >= 11 is 10.4. The van der Waals surface area contributed by atoms with Gasteiger partial charge in [-0.3, -0.25) is 4.79 Å². The third kappa shape index (κ3) is 2.45. The predicted molar refractivity (Wildman–Crippen MR) is 77.1 cm³/mol. The lowest BCUT2D eigenvalue weighted by Crippen LogP contribution is -2.25. The van der Waals surface area contributed by atoms with E-state index >= 15 is 0 Å². The van der Waals surface area contributed by atoms with Crippen LogP contribution in [0, 0.1) is 12.8 Å². The molecule has 1 heterocycles. The largest absolute Gasteiger partial charge is 0.495 e. The molecule has 1 aromatic carbocycles. The van der Waals surface area contributed by atoms with Crippen LogP contribution in [0.4, 0.5) is 5.69 Å². The summed E-state index contributed by atoms with van der Waals surface area (Å²) in [6.45, 7) is 2.59. The molecule has 0 aromatic heterocycles. The van der Waals surface area contributed by atoms with E-state index in [1.807, 2.05) is 13.0 Å². The maximum absolute atomic E-state index is 12.0. The molecule has 1 aliphatic rings. The molecule has 2 rings (SSSR count). The summed E-state index contributed by atoms with van der Waals surface area (Å²) in [7, 11) is 1.60. The standard InChI is InChI=1S/C13H16ClNO2S/c1-8-3-12(17-2)11(5-10(8)14)15-6-9(7-18)4-13(15)16/h3,5,9,18H,4,6-7H2,1-2H3. The molecular formula is C13H16ClNO2S. The van der Waals surface area contributed by atoms with E-state index in [9.17, 15) is 4.79 Å². The van der Waals surface area contributed by atoms with Gasteiger partial charge >= 0.3 is 0 Å². The topological polar surface area (TPSA) is 29.5 Å². The third-order valence-corrected chi connectivity index (χ3v) is 4.14. The van der Waals surface area contributed by atoms with Crippen molar-refractivity contribution >= 4 is 35.8 Å². The fourth-order valence-corrected chi connectivity index (χ4v) is 2.56. The second kappa shape index (κ2) is 5.41. The first-order valence-corrected chi connectivity index (χ1v) is 6.83. The highest BCUT2D eigenvalue weighted by atomic mass is 35.5. The summed E-state index contributed by atoms with van der Waals surface area (Å²) in [5, 5.41) is 0.646. The molecule has 1 atom stereocenters. The van der Waals surface area contributed by atoms with Crippen molar-refractivity contribution in [3.63, 3.8) is 0 Å². The number of nitrogens with zero attached hydrogens (tertiary/aromatic N) is 1. The molecule has 1 fully saturated rings. The normalized spacial score (nSPS) is 19.4. The molecule has 0 radical (unpaired) electrons. The lowest BCUT2D eigenvalue weighted by molar-refractivity contribution is -0.117. The monoisotopic (exact) mass is 285 g/mol. The molecule has 18 heavy (non-hydrogen) atoms. The number of benzene rings is 1. The fourth-order valence-electron chi connectivity index (χ4n) is 2.16. The summed E-state index contributed by atoms with van der Waals surface area (Å²) in [4.78, 5) is 13.7. The summed E-state index contributed by atoms with van der Waals surface area (Å²) in [5.41, 5.74) is 1.69. The second-order valence-corrected chi connectivity index (χ2v) is 5.30. The molecule has 0 N–H and O–H groups in total. The van der Waals surface area contributed by atoms with Crippen LogP contribution >= 0.6 is 24.2 Å². The van der Waals surface area contributed by atoms with Crippen LogP contribution in [0.5, 0.6) is 5.75 Å². The minimum atomic E-state index is 0.104. The number of ether oxygens (including phenoxy) is 1. The minimum Gasteiger partial charge on any atom is -0.495 e.